The molecule has 2 rings (SSSR count). The Kier molecular flexibility index (Phi) is 6.30. The Morgan fingerprint density at radius 2 is 1.92 bits per heavy atom. The van der Waals surface area contributed by atoms with Gasteiger partial charge in [-0.1, -0.05) is 29.8 Å². The molecular formula is C16H17ClN2O4S. The molecule has 0 atom stereocenters. The number of hydrogen-bond acceptors (Lipinski definition) is 5. The van der Waals surface area contributed by atoms with E-state index in [0.29, 0.717) is 5.69 Å². The van der Waals surface area contributed by atoms with E-state index in [-0.39, 0.29) is 23.1 Å². The third-order valence-electron chi connectivity index (χ3n) is 3.13. The molecule has 0 spiro atoms. The van der Waals surface area contributed by atoms with Crippen LogP contribution in [0, 0.1) is 0 Å². The number of ether oxygens (including phenoxy) is 1. The smallest absolute Gasteiger partial charge is 0.321 e. The predicted octanol–water partition coefficient (Wildman–Crippen LogP) is 2.49. The van der Waals surface area contributed by atoms with E-state index in [1.54, 1.807) is 43.5 Å². The number of carbonyl (C=O) groups excluding carboxylic acids is 1. The van der Waals surface area contributed by atoms with Crippen LogP contribution < -0.4 is 0 Å². The minimum absolute atomic E-state index is 0.0623. The van der Waals surface area contributed by atoms with Gasteiger partial charge in [-0.15, -0.1) is 0 Å². The SMILES string of the molecule is CCOC(=O)CN(Cc1ccccn1)S(=O)(=O)c1ccccc1Cl. The van der Waals surface area contributed by atoms with Crippen molar-refractivity contribution >= 4 is 27.6 Å². The summed E-state index contributed by atoms with van der Waals surface area (Å²) in [5, 5.41) is 0.0902. The van der Waals surface area contributed by atoms with Crippen molar-refractivity contribution in [2.75, 3.05) is 13.2 Å². The first-order valence-electron chi connectivity index (χ1n) is 7.25. The Balaban J connectivity index is 2.37. The van der Waals surface area contributed by atoms with E-state index < -0.39 is 22.5 Å². The fraction of sp³-hybridized carbons (Fsp3) is 0.250. The van der Waals surface area contributed by atoms with E-state index in [9.17, 15) is 13.2 Å². The van der Waals surface area contributed by atoms with Gasteiger partial charge in [0.25, 0.3) is 0 Å². The van der Waals surface area contributed by atoms with Crippen molar-refractivity contribution in [1.29, 1.82) is 0 Å². The number of pyridine rings is 1. The highest BCUT2D eigenvalue weighted by molar-refractivity contribution is 7.89. The van der Waals surface area contributed by atoms with Crippen LogP contribution in [0.25, 0.3) is 0 Å². The molecule has 1 heterocycles. The van der Waals surface area contributed by atoms with Crippen LogP contribution in [0.4, 0.5) is 0 Å². The van der Waals surface area contributed by atoms with Gasteiger partial charge in [-0.3, -0.25) is 9.78 Å². The molecule has 0 radical (unpaired) electrons. The molecule has 128 valence electrons. The summed E-state index contributed by atoms with van der Waals surface area (Å²) in [6, 6.07) is 11.2. The molecule has 0 aliphatic heterocycles. The molecule has 2 aromatic rings. The maximum absolute atomic E-state index is 12.9. The van der Waals surface area contributed by atoms with Crippen LogP contribution in [0.2, 0.25) is 5.02 Å². The first-order valence-corrected chi connectivity index (χ1v) is 9.07. The van der Waals surface area contributed by atoms with Crippen molar-refractivity contribution in [2.24, 2.45) is 0 Å². The summed E-state index contributed by atoms with van der Waals surface area (Å²) >= 11 is 6.02. The summed E-state index contributed by atoms with van der Waals surface area (Å²) in [5.74, 6) is -0.635. The quantitative estimate of drug-likeness (QED) is 0.702. The number of hydrogen-bond donors (Lipinski definition) is 0. The number of aromatic nitrogens is 1. The summed E-state index contributed by atoms with van der Waals surface area (Å²) in [6.07, 6.45) is 1.56. The molecular weight excluding hydrogens is 352 g/mol. The van der Waals surface area contributed by atoms with Gasteiger partial charge >= 0.3 is 5.97 Å². The number of carbonyl (C=O) groups is 1. The number of rotatable bonds is 7. The normalized spacial score (nSPS) is 11.5. The second-order valence-electron chi connectivity index (χ2n) is 4.83. The number of benzene rings is 1. The summed E-state index contributed by atoms with van der Waals surface area (Å²) in [6.45, 7) is 1.34. The van der Waals surface area contributed by atoms with Crippen LogP contribution in [0.5, 0.6) is 0 Å². The number of esters is 1. The Morgan fingerprint density at radius 3 is 2.54 bits per heavy atom. The van der Waals surface area contributed by atoms with Crippen LogP contribution in [-0.2, 0) is 26.1 Å². The molecule has 0 aliphatic rings. The van der Waals surface area contributed by atoms with E-state index in [1.165, 1.54) is 12.1 Å². The molecule has 0 saturated heterocycles. The topological polar surface area (TPSA) is 76.6 Å². The lowest BCUT2D eigenvalue weighted by Gasteiger charge is -2.21. The van der Waals surface area contributed by atoms with Crippen LogP contribution >= 0.6 is 11.6 Å². The highest BCUT2D eigenvalue weighted by atomic mass is 35.5. The number of halogens is 1. The molecule has 0 unspecified atom stereocenters. The Hall–Kier alpha value is -1.96. The highest BCUT2D eigenvalue weighted by Gasteiger charge is 2.29. The van der Waals surface area contributed by atoms with Crippen molar-refractivity contribution in [2.45, 2.75) is 18.4 Å². The fourth-order valence-electron chi connectivity index (χ4n) is 2.04. The molecule has 1 aromatic heterocycles. The summed E-state index contributed by atoms with van der Waals surface area (Å²) in [7, 11) is -3.98. The highest BCUT2D eigenvalue weighted by Crippen LogP contribution is 2.25. The molecule has 0 aliphatic carbocycles. The van der Waals surface area contributed by atoms with Gasteiger partial charge in [0.05, 0.1) is 23.9 Å². The van der Waals surface area contributed by atoms with Gasteiger partial charge in [0.2, 0.25) is 10.0 Å². The van der Waals surface area contributed by atoms with Crippen molar-refractivity contribution in [3.05, 3.63) is 59.4 Å². The Bertz CT molecular complexity index is 797. The number of nitrogens with zero attached hydrogens (tertiary/aromatic N) is 2. The standard InChI is InChI=1S/C16H17ClN2O4S/c1-2-23-16(20)12-19(11-13-7-5-6-10-18-13)24(21,22)15-9-4-3-8-14(15)17/h3-10H,2,11-12H2,1H3. The van der Waals surface area contributed by atoms with Crippen molar-refractivity contribution in [3.63, 3.8) is 0 Å². The predicted molar refractivity (Wildman–Crippen MR) is 89.9 cm³/mol. The molecule has 6 nitrogen and oxygen atoms in total. The largest absolute Gasteiger partial charge is 0.465 e. The van der Waals surface area contributed by atoms with E-state index >= 15 is 0 Å². The molecule has 1 aromatic carbocycles. The first kappa shape index (κ1) is 18.4. The second kappa shape index (κ2) is 8.23. The zero-order valence-electron chi connectivity index (χ0n) is 13.1. The van der Waals surface area contributed by atoms with Crippen LogP contribution in [0.1, 0.15) is 12.6 Å². The third kappa shape index (κ3) is 4.53. The molecule has 0 N–H and O–H groups in total. The lowest BCUT2D eigenvalue weighted by molar-refractivity contribution is -0.143. The van der Waals surface area contributed by atoms with Gasteiger partial charge < -0.3 is 4.74 Å². The zero-order chi connectivity index (χ0) is 17.6. The lowest BCUT2D eigenvalue weighted by atomic mass is 10.3. The summed E-state index contributed by atoms with van der Waals surface area (Å²) in [5.41, 5.74) is 0.512. The average Bonchev–Trinajstić information content (AvgIpc) is 2.55. The van der Waals surface area contributed by atoms with Crippen molar-refractivity contribution < 1.29 is 17.9 Å². The molecule has 0 fully saturated rings. The van der Waals surface area contributed by atoms with E-state index in [4.69, 9.17) is 16.3 Å². The second-order valence-corrected chi connectivity index (χ2v) is 7.14. The molecule has 0 amide bonds. The minimum Gasteiger partial charge on any atom is -0.465 e. The Labute approximate surface area is 146 Å². The van der Waals surface area contributed by atoms with E-state index in [2.05, 4.69) is 4.98 Å². The Morgan fingerprint density at radius 1 is 1.21 bits per heavy atom. The van der Waals surface area contributed by atoms with Gasteiger partial charge in [-0.25, -0.2) is 8.42 Å². The van der Waals surface area contributed by atoms with Gasteiger partial charge in [-0.05, 0) is 31.2 Å². The maximum Gasteiger partial charge on any atom is 0.321 e. The summed E-state index contributed by atoms with van der Waals surface area (Å²) < 4.78 is 31.7. The van der Waals surface area contributed by atoms with Crippen molar-refractivity contribution in [3.8, 4) is 0 Å². The van der Waals surface area contributed by atoms with Crippen LogP contribution in [0.3, 0.4) is 0 Å². The third-order valence-corrected chi connectivity index (χ3v) is 5.42. The van der Waals surface area contributed by atoms with Gasteiger partial charge in [-0.2, -0.15) is 4.31 Å². The molecule has 0 bridgehead atoms. The molecule has 24 heavy (non-hydrogen) atoms. The monoisotopic (exact) mass is 368 g/mol. The van der Waals surface area contributed by atoms with Crippen LogP contribution in [-0.4, -0.2) is 36.8 Å². The maximum atomic E-state index is 12.9. The average molecular weight is 369 g/mol. The van der Waals surface area contributed by atoms with Gasteiger partial charge in [0.1, 0.15) is 11.4 Å². The minimum atomic E-state index is -3.98. The molecule has 0 saturated carbocycles. The van der Waals surface area contributed by atoms with Crippen molar-refractivity contribution in [1.82, 2.24) is 9.29 Å². The van der Waals surface area contributed by atoms with Crippen LogP contribution in [0.15, 0.2) is 53.6 Å². The lowest BCUT2D eigenvalue weighted by Crippen LogP contribution is -2.36. The van der Waals surface area contributed by atoms with Gasteiger partial charge in [0, 0.05) is 6.20 Å². The number of sulfonamides is 1. The zero-order valence-corrected chi connectivity index (χ0v) is 14.6. The molecule has 8 heteroatoms. The van der Waals surface area contributed by atoms with E-state index in [0.717, 1.165) is 4.31 Å². The summed E-state index contributed by atoms with van der Waals surface area (Å²) in [4.78, 5) is 15.9. The van der Waals surface area contributed by atoms with Gasteiger partial charge in [0.15, 0.2) is 0 Å². The first-order chi connectivity index (χ1) is 11.4. The fourth-order valence-corrected chi connectivity index (χ4v) is 3.89. The van der Waals surface area contributed by atoms with E-state index in [1.807, 2.05) is 0 Å².